The number of hydrogen-bond donors (Lipinski definition) is 3. The number of carbonyl (C=O) groups is 2. The number of hydrogen-bond acceptors (Lipinski definition) is 2. The second-order valence-corrected chi connectivity index (χ2v) is 5.88. The Morgan fingerprint density at radius 3 is 2.44 bits per heavy atom. The molecule has 0 aliphatic heterocycles. The second kappa shape index (κ2) is 6.07. The topological polar surface area (TPSA) is 78.4 Å². The van der Waals surface area contributed by atoms with Gasteiger partial charge in [0.1, 0.15) is 0 Å². The Morgan fingerprint density at radius 2 is 1.89 bits per heavy atom. The van der Waals surface area contributed by atoms with Crippen molar-refractivity contribution >= 4 is 12.0 Å². The fraction of sp³-hybridized carbons (Fsp3) is 0.846. The van der Waals surface area contributed by atoms with Gasteiger partial charge in [0.25, 0.3) is 0 Å². The van der Waals surface area contributed by atoms with Crippen LogP contribution in [0.3, 0.4) is 0 Å². The zero-order valence-electron chi connectivity index (χ0n) is 11.5. The fourth-order valence-electron chi connectivity index (χ4n) is 2.13. The van der Waals surface area contributed by atoms with Gasteiger partial charge in [-0.15, -0.1) is 0 Å². The first-order chi connectivity index (χ1) is 8.33. The molecule has 1 fully saturated rings. The van der Waals surface area contributed by atoms with Crippen LogP contribution in [0, 0.1) is 11.3 Å². The van der Waals surface area contributed by atoms with E-state index in [0.29, 0.717) is 5.92 Å². The number of urea groups is 1. The Balaban J connectivity index is 2.35. The standard InChI is InChI=1S/C13H24N2O3/c1-9-6-4-5-7-10(9)15-12(18)14-8-13(2,3)11(16)17/h9-10H,4-8H2,1-3H3,(H,16,17)(H2,14,15,18). The summed E-state index contributed by atoms with van der Waals surface area (Å²) in [5, 5.41) is 14.5. The molecule has 1 aliphatic rings. The SMILES string of the molecule is CC1CCCCC1NC(=O)NCC(C)(C)C(=O)O. The number of nitrogens with one attached hydrogen (secondary N) is 2. The normalized spacial score (nSPS) is 24.4. The van der Waals surface area contributed by atoms with Crippen LogP contribution in [0.25, 0.3) is 0 Å². The molecule has 0 aromatic rings. The van der Waals surface area contributed by atoms with Crippen LogP contribution in [0.5, 0.6) is 0 Å². The lowest BCUT2D eigenvalue weighted by molar-refractivity contribution is -0.146. The van der Waals surface area contributed by atoms with Crippen molar-refractivity contribution in [1.82, 2.24) is 10.6 Å². The van der Waals surface area contributed by atoms with E-state index in [0.717, 1.165) is 19.3 Å². The third-order valence-corrected chi connectivity index (χ3v) is 3.70. The van der Waals surface area contributed by atoms with Gasteiger partial charge in [-0.1, -0.05) is 19.8 Å². The molecular formula is C13H24N2O3. The van der Waals surface area contributed by atoms with Crippen LogP contribution in [0.4, 0.5) is 4.79 Å². The molecule has 3 N–H and O–H groups in total. The molecule has 0 bridgehead atoms. The van der Waals surface area contributed by atoms with E-state index in [2.05, 4.69) is 17.6 Å². The van der Waals surface area contributed by atoms with Gasteiger partial charge < -0.3 is 15.7 Å². The average molecular weight is 256 g/mol. The minimum atomic E-state index is -0.935. The van der Waals surface area contributed by atoms with Gasteiger partial charge in [0.15, 0.2) is 0 Å². The van der Waals surface area contributed by atoms with Crippen molar-refractivity contribution in [2.45, 2.75) is 52.5 Å². The summed E-state index contributed by atoms with van der Waals surface area (Å²) in [7, 11) is 0. The molecule has 1 aliphatic carbocycles. The van der Waals surface area contributed by atoms with E-state index in [1.165, 1.54) is 6.42 Å². The summed E-state index contributed by atoms with van der Waals surface area (Å²) in [4.78, 5) is 22.6. The molecule has 0 saturated heterocycles. The minimum Gasteiger partial charge on any atom is -0.481 e. The predicted octanol–water partition coefficient (Wildman–Crippen LogP) is 1.98. The molecular weight excluding hydrogens is 232 g/mol. The van der Waals surface area contributed by atoms with Gasteiger partial charge in [0.2, 0.25) is 0 Å². The summed E-state index contributed by atoms with van der Waals surface area (Å²) in [5.41, 5.74) is -0.935. The van der Waals surface area contributed by atoms with Crippen LogP contribution in [-0.2, 0) is 4.79 Å². The lowest BCUT2D eigenvalue weighted by Gasteiger charge is -2.30. The number of carbonyl (C=O) groups excluding carboxylic acids is 1. The number of amides is 2. The minimum absolute atomic E-state index is 0.134. The molecule has 5 nitrogen and oxygen atoms in total. The van der Waals surface area contributed by atoms with Gasteiger partial charge in [-0.25, -0.2) is 4.79 Å². The largest absolute Gasteiger partial charge is 0.481 e. The van der Waals surface area contributed by atoms with Crippen LogP contribution in [-0.4, -0.2) is 29.7 Å². The number of carboxylic acids is 1. The lowest BCUT2D eigenvalue weighted by atomic mass is 9.86. The molecule has 104 valence electrons. The summed E-state index contributed by atoms with van der Waals surface area (Å²) in [6, 6.07) is -0.0465. The van der Waals surface area contributed by atoms with Gasteiger partial charge in [0.05, 0.1) is 5.41 Å². The molecule has 0 radical (unpaired) electrons. The Hall–Kier alpha value is -1.26. The van der Waals surface area contributed by atoms with Crippen molar-refractivity contribution in [2.75, 3.05) is 6.54 Å². The first-order valence-electron chi connectivity index (χ1n) is 6.60. The van der Waals surface area contributed by atoms with E-state index in [1.54, 1.807) is 13.8 Å². The summed E-state index contributed by atoms with van der Waals surface area (Å²) < 4.78 is 0. The van der Waals surface area contributed by atoms with Gasteiger partial charge in [-0.2, -0.15) is 0 Å². The predicted molar refractivity (Wildman–Crippen MR) is 69.4 cm³/mol. The molecule has 0 aromatic carbocycles. The highest BCUT2D eigenvalue weighted by Crippen LogP contribution is 2.23. The Morgan fingerprint density at radius 1 is 1.28 bits per heavy atom. The van der Waals surface area contributed by atoms with E-state index in [9.17, 15) is 9.59 Å². The van der Waals surface area contributed by atoms with Gasteiger partial charge >= 0.3 is 12.0 Å². The smallest absolute Gasteiger partial charge is 0.315 e. The van der Waals surface area contributed by atoms with Gasteiger partial charge in [-0.05, 0) is 32.6 Å². The Labute approximate surface area is 108 Å². The third kappa shape index (κ3) is 4.20. The fourth-order valence-corrected chi connectivity index (χ4v) is 2.13. The maximum absolute atomic E-state index is 11.7. The third-order valence-electron chi connectivity index (χ3n) is 3.70. The van der Waals surface area contributed by atoms with Crippen LogP contribution >= 0.6 is 0 Å². The lowest BCUT2D eigenvalue weighted by Crippen LogP contribution is -2.49. The summed E-state index contributed by atoms with van der Waals surface area (Å²) >= 11 is 0. The van der Waals surface area contributed by atoms with Crippen LogP contribution < -0.4 is 10.6 Å². The van der Waals surface area contributed by atoms with Crippen molar-refractivity contribution in [1.29, 1.82) is 0 Å². The van der Waals surface area contributed by atoms with Crippen molar-refractivity contribution in [2.24, 2.45) is 11.3 Å². The van der Waals surface area contributed by atoms with Crippen molar-refractivity contribution in [3.63, 3.8) is 0 Å². The molecule has 1 saturated carbocycles. The van der Waals surface area contributed by atoms with E-state index in [-0.39, 0.29) is 18.6 Å². The molecule has 5 heteroatoms. The Kier molecular flexibility index (Phi) is 4.99. The van der Waals surface area contributed by atoms with E-state index < -0.39 is 11.4 Å². The van der Waals surface area contributed by atoms with Gasteiger partial charge in [-0.3, -0.25) is 4.79 Å². The van der Waals surface area contributed by atoms with E-state index in [4.69, 9.17) is 5.11 Å². The first-order valence-corrected chi connectivity index (χ1v) is 6.60. The summed E-state index contributed by atoms with van der Waals surface area (Å²) in [5.74, 6) is -0.411. The second-order valence-electron chi connectivity index (χ2n) is 5.88. The molecule has 0 spiro atoms. The molecule has 0 aromatic heterocycles. The maximum Gasteiger partial charge on any atom is 0.315 e. The Bertz CT molecular complexity index is 315. The van der Waals surface area contributed by atoms with Crippen LogP contribution in [0.1, 0.15) is 46.5 Å². The van der Waals surface area contributed by atoms with Crippen molar-refractivity contribution < 1.29 is 14.7 Å². The van der Waals surface area contributed by atoms with E-state index in [1.807, 2.05) is 0 Å². The zero-order valence-corrected chi connectivity index (χ0v) is 11.5. The molecule has 2 unspecified atom stereocenters. The summed E-state index contributed by atoms with van der Waals surface area (Å²) in [6.45, 7) is 5.47. The molecule has 2 atom stereocenters. The molecule has 0 heterocycles. The molecule has 18 heavy (non-hydrogen) atoms. The van der Waals surface area contributed by atoms with Crippen molar-refractivity contribution in [3.05, 3.63) is 0 Å². The highest BCUT2D eigenvalue weighted by Gasteiger charge is 2.28. The quantitative estimate of drug-likeness (QED) is 0.719. The first kappa shape index (κ1) is 14.8. The number of aliphatic carboxylic acids is 1. The monoisotopic (exact) mass is 256 g/mol. The average Bonchev–Trinajstić information content (AvgIpc) is 2.29. The highest BCUT2D eigenvalue weighted by atomic mass is 16.4. The van der Waals surface area contributed by atoms with Crippen molar-refractivity contribution in [3.8, 4) is 0 Å². The van der Waals surface area contributed by atoms with E-state index >= 15 is 0 Å². The van der Waals surface area contributed by atoms with Crippen LogP contribution in [0.15, 0.2) is 0 Å². The highest BCUT2D eigenvalue weighted by molar-refractivity contribution is 5.77. The van der Waals surface area contributed by atoms with Gasteiger partial charge in [0, 0.05) is 12.6 Å². The maximum atomic E-state index is 11.7. The zero-order chi connectivity index (χ0) is 13.8. The van der Waals surface area contributed by atoms with Crippen LogP contribution in [0.2, 0.25) is 0 Å². The summed E-state index contributed by atoms with van der Waals surface area (Å²) in [6.07, 6.45) is 4.53. The molecule has 1 rings (SSSR count). The number of carboxylic acid groups (broad SMARTS) is 1. The number of rotatable bonds is 4. The molecule has 2 amide bonds.